The molecular weight excluding hydrogens is 656 g/mol. The van der Waals surface area contributed by atoms with Crippen molar-refractivity contribution in [2.45, 2.75) is 97.1 Å². The highest BCUT2D eigenvalue weighted by molar-refractivity contribution is 5.85. The van der Waals surface area contributed by atoms with Gasteiger partial charge >= 0.3 is 12.2 Å². The van der Waals surface area contributed by atoms with E-state index in [1.54, 1.807) is 9.80 Å². The van der Waals surface area contributed by atoms with Crippen LogP contribution in [-0.4, -0.2) is 66.2 Å². The quantitative estimate of drug-likeness (QED) is 0.191. The molecule has 8 rings (SSSR count). The number of H-pyrrole nitrogens is 2. The Balaban J connectivity index is 0.996. The second kappa shape index (κ2) is 12.7. The van der Waals surface area contributed by atoms with Gasteiger partial charge in [0.15, 0.2) is 0 Å². The number of fused-ring (bicyclic) bond motifs is 4. The average Bonchev–Trinajstić information content (AvgIpc) is 3.91. The molecular formula is C41H46N6O5. The number of nitrogens with zero attached hydrogens (tertiary/aromatic N) is 4. The van der Waals surface area contributed by atoms with Crippen LogP contribution in [0.2, 0.25) is 0 Å². The third-order valence-corrected chi connectivity index (χ3v) is 9.89. The van der Waals surface area contributed by atoms with E-state index in [2.05, 4.69) is 63.5 Å². The first-order valence-corrected chi connectivity index (χ1v) is 18.2. The number of hydrogen-bond acceptors (Lipinski definition) is 7. The highest BCUT2D eigenvalue weighted by atomic mass is 16.6. The fourth-order valence-corrected chi connectivity index (χ4v) is 7.54. The van der Waals surface area contributed by atoms with Crippen LogP contribution in [0.1, 0.15) is 96.5 Å². The van der Waals surface area contributed by atoms with Gasteiger partial charge in [0.05, 0.1) is 35.0 Å². The Morgan fingerprint density at radius 3 is 2.06 bits per heavy atom. The van der Waals surface area contributed by atoms with E-state index < -0.39 is 11.2 Å². The fraction of sp³-hybridized carbons (Fsp3) is 0.415. The molecule has 270 valence electrons. The molecule has 11 nitrogen and oxygen atoms in total. The van der Waals surface area contributed by atoms with Crippen LogP contribution in [0.4, 0.5) is 9.59 Å². The lowest BCUT2D eigenvalue weighted by Crippen LogP contribution is -2.36. The predicted molar refractivity (Wildman–Crippen MR) is 199 cm³/mol. The molecule has 0 saturated carbocycles. The lowest BCUT2D eigenvalue weighted by Gasteiger charge is -2.27. The zero-order valence-corrected chi connectivity index (χ0v) is 30.7. The molecule has 2 atom stereocenters. The summed E-state index contributed by atoms with van der Waals surface area (Å²) < 4.78 is 17.7. The first-order chi connectivity index (χ1) is 24.8. The Morgan fingerprint density at radius 2 is 1.37 bits per heavy atom. The lowest BCUT2D eigenvalue weighted by atomic mass is 9.92. The Hall–Kier alpha value is -5.32. The minimum atomic E-state index is -0.550. The van der Waals surface area contributed by atoms with Crippen molar-refractivity contribution in [2.24, 2.45) is 0 Å². The molecule has 0 aliphatic carbocycles. The number of hydrogen-bond donors (Lipinski definition) is 2. The van der Waals surface area contributed by atoms with E-state index in [0.29, 0.717) is 19.7 Å². The highest BCUT2D eigenvalue weighted by Gasteiger charge is 2.36. The number of likely N-dealkylation sites (tertiary alicyclic amines) is 2. The molecule has 0 bridgehead atoms. The number of carbonyl (C=O) groups is 2. The molecule has 2 aromatic heterocycles. The summed E-state index contributed by atoms with van der Waals surface area (Å²) in [6.45, 7) is 13.1. The highest BCUT2D eigenvalue weighted by Crippen LogP contribution is 2.42. The maximum atomic E-state index is 12.9. The Morgan fingerprint density at radius 1 is 0.750 bits per heavy atom. The summed E-state index contributed by atoms with van der Waals surface area (Å²) in [4.78, 5) is 45.9. The summed E-state index contributed by atoms with van der Waals surface area (Å²) in [5, 5.41) is 0. The number of amides is 2. The zero-order valence-electron chi connectivity index (χ0n) is 30.7. The molecule has 5 aromatic rings. The van der Waals surface area contributed by atoms with E-state index in [-0.39, 0.29) is 24.3 Å². The van der Waals surface area contributed by atoms with Crippen molar-refractivity contribution in [1.29, 1.82) is 0 Å². The van der Waals surface area contributed by atoms with Gasteiger partial charge < -0.3 is 24.2 Å². The zero-order chi connectivity index (χ0) is 36.4. The molecule has 0 radical (unpaired) electrons. The van der Waals surface area contributed by atoms with Crippen LogP contribution in [0.25, 0.3) is 44.5 Å². The van der Waals surface area contributed by atoms with Gasteiger partial charge in [0, 0.05) is 18.7 Å². The van der Waals surface area contributed by atoms with Gasteiger partial charge in [-0.3, -0.25) is 9.80 Å². The number of carbonyl (C=O) groups excluding carboxylic acids is 2. The molecule has 3 aromatic carbocycles. The van der Waals surface area contributed by atoms with Gasteiger partial charge in [-0.05, 0) is 119 Å². The van der Waals surface area contributed by atoms with Crippen molar-refractivity contribution >= 4 is 23.2 Å². The topological polar surface area (TPSA) is 126 Å². The molecule has 5 heterocycles. The van der Waals surface area contributed by atoms with Crippen LogP contribution in [0.15, 0.2) is 60.8 Å². The summed E-state index contributed by atoms with van der Waals surface area (Å²) in [6, 6.07) is 18.7. The molecule has 3 aliphatic rings. The lowest BCUT2D eigenvalue weighted by molar-refractivity contribution is 0.0208. The standard InChI is InChI=1S/C41H46N6O5/c1-40(2,3)51-38(48)46-17-7-9-33(46)36-42-22-32(45-36)26-12-14-28-27(19-26)23-50-35-21-25(11-15-29(28)35)24-13-16-30-31(20-24)44-37(43-30)34-10-8-18-47(34)39(49)52-41(4,5)6/h11-16,19-22,33-34H,7-10,17-18,23H2,1-6H3,(H,42,45)(H,43,44)/t33-,34+/m1/s1. The molecule has 2 amide bonds. The number of nitrogens with one attached hydrogen (secondary N) is 2. The number of aromatic amines is 2. The van der Waals surface area contributed by atoms with E-state index in [0.717, 1.165) is 93.2 Å². The van der Waals surface area contributed by atoms with E-state index in [9.17, 15) is 9.59 Å². The van der Waals surface area contributed by atoms with Gasteiger partial charge in [0.25, 0.3) is 0 Å². The summed E-state index contributed by atoms with van der Waals surface area (Å²) >= 11 is 0. The first kappa shape index (κ1) is 33.8. The van der Waals surface area contributed by atoms with Crippen LogP contribution >= 0.6 is 0 Å². The number of imidazole rings is 2. The molecule has 2 N–H and O–H groups in total. The van der Waals surface area contributed by atoms with Crippen LogP contribution in [-0.2, 0) is 16.1 Å². The van der Waals surface area contributed by atoms with E-state index in [1.807, 2.05) is 53.8 Å². The summed E-state index contributed by atoms with van der Waals surface area (Å²) in [5.74, 6) is 2.40. The van der Waals surface area contributed by atoms with E-state index >= 15 is 0 Å². The molecule has 2 fully saturated rings. The smallest absolute Gasteiger partial charge is 0.410 e. The largest absolute Gasteiger partial charge is 0.488 e. The van der Waals surface area contributed by atoms with Gasteiger partial charge in [-0.25, -0.2) is 19.6 Å². The van der Waals surface area contributed by atoms with Gasteiger partial charge in [-0.15, -0.1) is 0 Å². The van der Waals surface area contributed by atoms with Crippen molar-refractivity contribution < 1.29 is 23.8 Å². The number of aromatic nitrogens is 4. The molecule has 52 heavy (non-hydrogen) atoms. The van der Waals surface area contributed by atoms with Crippen molar-refractivity contribution in [3.8, 4) is 39.3 Å². The molecule has 0 spiro atoms. The Bertz CT molecular complexity index is 2170. The Kier molecular flexibility index (Phi) is 8.27. The van der Waals surface area contributed by atoms with Gasteiger partial charge in [-0.2, -0.15) is 0 Å². The molecule has 2 saturated heterocycles. The number of benzene rings is 3. The Labute approximate surface area is 303 Å². The monoisotopic (exact) mass is 702 g/mol. The van der Waals surface area contributed by atoms with Crippen molar-refractivity contribution in [1.82, 2.24) is 29.7 Å². The number of ether oxygens (including phenoxy) is 3. The fourth-order valence-electron chi connectivity index (χ4n) is 7.54. The van der Waals surface area contributed by atoms with Crippen LogP contribution in [0.3, 0.4) is 0 Å². The predicted octanol–water partition coefficient (Wildman–Crippen LogP) is 9.32. The summed E-state index contributed by atoms with van der Waals surface area (Å²) in [6.07, 6.45) is 4.75. The van der Waals surface area contributed by atoms with Crippen molar-refractivity contribution in [2.75, 3.05) is 13.1 Å². The third kappa shape index (κ3) is 6.60. The summed E-state index contributed by atoms with van der Waals surface area (Å²) in [5.41, 5.74) is 7.99. The maximum Gasteiger partial charge on any atom is 0.410 e. The van der Waals surface area contributed by atoms with Crippen molar-refractivity contribution in [3.63, 3.8) is 0 Å². The minimum absolute atomic E-state index is 0.136. The van der Waals surface area contributed by atoms with Gasteiger partial charge in [-0.1, -0.05) is 30.3 Å². The number of rotatable bonds is 4. The molecule has 0 unspecified atom stereocenters. The van der Waals surface area contributed by atoms with Gasteiger partial charge in [0.1, 0.15) is 35.2 Å². The molecule has 11 heteroatoms. The first-order valence-electron chi connectivity index (χ1n) is 18.2. The third-order valence-electron chi connectivity index (χ3n) is 9.89. The maximum absolute atomic E-state index is 12.9. The summed E-state index contributed by atoms with van der Waals surface area (Å²) in [7, 11) is 0. The second-order valence-electron chi connectivity index (χ2n) is 16.1. The van der Waals surface area contributed by atoms with Crippen LogP contribution in [0, 0.1) is 0 Å². The van der Waals surface area contributed by atoms with Crippen LogP contribution in [0.5, 0.6) is 5.75 Å². The van der Waals surface area contributed by atoms with Crippen LogP contribution < -0.4 is 4.74 Å². The van der Waals surface area contributed by atoms with E-state index in [4.69, 9.17) is 19.2 Å². The second-order valence-corrected chi connectivity index (χ2v) is 16.1. The normalized spacial score (nSPS) is 18.7. The van der Waals surface area contributed by atoms with Gasteiger partial charge in [0.2, 0.25) is 0 Å². The minimum Gasteiger partial charge on any atom is -0.488 e. The SMILES string of the molecule is CC(C)(C)OC(=O)N1CCC[C@@H]1c1ncc(-c2ccc3c(c2)COc2cc(-c4ccc5nc([C@@H]6CCCN6C(=O)OC(C)(C)C)[nH]c5c4)ccc2-3)[nH]1. The average molecular weight is 703 g/mol. The molecule has 3 aliphatic heterocycles. The van der Waals surface area contributed by atoms with Crippen molar-refractivity contribution in [3.05, 3.63) is 78.0 Å². The van der Waals surface area contributed by atoms with E-state index in [1.165, 1.54) is 0 Å².